The molecule has 37 heavy (non-hydrogen) atoms. The molecule has 1 heteroatoms. The maximum atomic E-state index is 8.67. The molecule has 0 aliphatic carbocycles. The molecule has 0 atom stereocenters. The lowest BCUT2D eigenvalue weighted by molar-refractivity contribution is 0.282. The molecule has 0 bridgehead atoms. The van der Waals surface area contributed by atoms with Crippen LogP contribution in [0.4, 0.5) is 0 Å². The van der Waals surface area contributed by atoms with Gasteiger partial charge in [-0.3, -0.25) is 0 Å². The topological polar surface area (TPSA) is 20.2 Å². The lowest BCUT2D eigenvalue weighted by atomic mass is 10.0. The largest absolute Gasteiger partial charge is 0.396 e. The first-order chi connectivity index (χ1) is 18.3. The van der Waals surface area contributed by atoms with Gasteiger partial charge in [0.05, 0.1) is 0 Å². The normalized spacial score (nSPS) is 11.0. The smallest absolute Gasteiger partial charge is 0.0431 e. The Morgan fingerprint density at radius 2 is 0.351 bits per heavy atom. The Hall–Kier alpha value is -0.0400. The predicted molar refractivity (Wildman–Crippen MR) is 172 cm³/mol. The minimum atomic E-state index is 0.373. The van der Waals surface area contributed by atoms with Crippen molar-refractivity contribution in [1.82, 2.24) is 0 Å². The zero-order valence-corrected chi connectivity index (χ0v) is 26.8. The minimum Gasteiger partial charge on any atom is -0.396 e. The summed E-state index contributed by atoms with van der Waals surface area (Å²) in [5, 5.41) is 8.67. The van der Waals surface area contributed by atoms with Crippen LogP contribution in [0.1, 0.15) is 226 Å². The Morgan fingerprint density at radius 3 is 0.486 bits per heavy atom. The second-order valence-electron chi connectivity index (χ2n) is 12.0. The van der Waals surface area contributed by atoms with Crippen LogP contribution in [0, 0.1) is 0 Å². The second-order valence-corrected chi connectivity index (χ2v) is 12.0. The molecule has 1 nitrogen and oxygen atoms in total. The molecule has 1 N–H and O–H groups in total. The molecular weight excluding hydrogens is 448 g/mol. The Morgan fingerprint density at radius 1 is 0.216 bits per heavy atom. The Bertz CT molecular complexity index is 308. The summed E-state index contributed by atoms with van der Waals surface area (Å²) in [6.45, 7) is 7.25. The van der Waals surface area contributed by atoms with Gasteiger partial charge in [-0.1, -0.05) is 220 Å². The van der Waals surface area contributed by atoms with Crippen molar-refractivity contribution in [3.63, 3.8) is 0 Å². The monoisotopic (exact) mass is 525 g/mol. The van der Waals surface area contributed by atoms with Gasteiger partial charge in [0, 0.05) is 6.61 Å². The summed E-state index contributed by atoms with van der Waals surface area (Å²) in [7, 11) is 0. The molecule has 0 radical (unpaired) electrons. The van der Waals surface area contributed by atoms with Crippen LogP contribution in [-0.4, -0.2) is 11.7 Å². The van der Waals surface area contributed by atoms with E-state index in [1.807, 2.05) is 0 Å². The van der Waals surface area contributed by atoms with Crippen molar-refractivity contribution in [3.8, 4) is 0 Å². The van der Waals surface area contributed by atoms with Gasteiger partial charge < -0.3 is 5.11 Å². The van der Waals surface area contributed by atoms with Gasteiger partial charge in [-0.25, -0.2) is 0 Å². The van der Waals surface area contributed by atoms with Crippen molar-refractivity contribution in [2.75, 3.05) is 6.61 Å². The van der Waals surface area contributed by atoms with Crippen LogP contribution in [0.5, 0.6) is 0 Å². The lowest BCUT2D eigenvalue weighted by Crippen LogP contribution is -1.85. The molecule has 0 unspecified atom stereocenters. The lowest BCUT2D eigenvalue weighted by Gasteiger charge is -2.03. The van der Waals surface area contributed by atoms with Gasteiger partial charge >= 0.3 is 0 Å². The molecular formula is C36H76O. The van der Waals surface area contributed by atoms with Gasteiger partial charge in [-0.2, -0.15) is 0 Å². The van der Waals surface area contributed by atoms with Crippen molar-refractivity contribution < 1.29 is 5.11 Å². The van der Waals surface area contributed by atoms with Gasteiger partial charge in [-0.05, 0) is 6.42 Å². The van der Waals surface area contributed by atoms with Crippen molar-refractivity contribution in [1.29, 1.82) is 0 Å². The molecule has 0 saturated heterocycles. The zero-order valence-electron chi connectivity index (χ0n) is 26.8. The number of hydrogen-bond donors (Lipinski definition) is 1. The van der Waals surface area contributed by atoms with Gasteiger partial charge in [0.1, 0.15) is 0 Å². The number of rotatable bonds is 31. The van der Waals surface area contributed by atoms with Crippen molar-refractivity contribution in [2.45, 2.75) is 226 Å². The maximum Gasteiger partial charge on any atom is 0.0431 e. The molecule has 0 fully saturated rings. The fourth-order valence-corrected chi connectivity index (χ4v) is 5.28. The van der Waals surface area contributed by atoms with Crippen LogP contribution in [0.25, 0.3) is 0 Å². The van der Waals surface area contributed by atoms with Gasteiger partial charge in [0.25, 0.3) is 0 Å². The third kappa shape index (κ3) is 43.3. The highest BCUT2D eigenvalue weighted by molar-refractivity contribution is 4.51. The van der Waals surface area contributed by atoms with Crippen molar-refractivity contribution in [2.24, 2.45) is 0 Å². The Labute approximate surface area is 237 Å². The van der Waals surface area contributed by atoms with E-state index in [1.165, 1.54) is 199 Å². The number of aliphatic hydroxyl groups is 1. The Balaban J connectivity index is 0. The predicted octanol–water partition coefficient (Wildman–Crippen LogP) is 13.5. The summed E-state index contributed by atoms with van der Waals surface area (Å²) < 4.78 is 0. The molecule has 0 aromatic rings. The van der Waals surface area contributed by atoms with Crippen molar-refractivity contribution >= 4 is 0 Å². The second kappa shape index (κ2) is 40.5. The van der Waals surface area contributed by atoms with E-state index in [9.17, 15) is 0 Å². The van der Waals surface area contributed by atoms with E-state index in [0.717, 1.165) is 6.42 Å². The average Bonchev–Trinajstić information content (AvgIpc) is 2.91. The number of hydrogen-bond acceptors (Lipinski definition) is 1. The third-order valence-corrected chi connectivity index (χ3v) is 7.97. The molecule has 0 aromatic carbocycles. The maximum absolute atomic E-state index is 8.67. The van der Waals surface area contributed by atoms with E-state index < -0.39 is 0 Å². The van der Waals surface area contributed by atoms with Gasteiger partial charge in [0.2, 0.25) is 0 Å². The molecule has 0 aliphatic rings. The first kappa shape index (κ1) is 39.1. The van der Waals surface area contributed by atoms with Crippen LogP contribution < -0.4 is 0 Å². The Kier molecular flexibility index (Phi) is 42.8. The highest BCUT2D eigenvalue weighted by Crippen LogP contribution is 2.15. The molecule has 226 valence electrons. The van der Waals surface area contributed by atoms with E-state index in [0.29, 0.717) is 6.61 Å². The molecule has 0 spiro atoms. The number of unbranched alkanes of at least 4 members (excludes halogenated alkanes) is 30. The SMILES string of the molecule is CCCCCCCCCCCCCCCCCC.CCCCCCCCCCCCCCCCCCO. The summed E-state index contributed by atoms with van der Waals surface area (Å²) in [6.07, 6.45) is 45.6. The molecule has 0 amide bonds. The summed E-state index contributed by atoms with van der Waals surface area (Å²) >= 11 is 0. The highest BCUT2D eigenvalue weighted by atomic mass is 16.2. The van der Waals surface area contributed by atoms with Gasteiger partial charge in [-0.15, -0.1) is 0 Å². The van der Waals surface area contributed by atoms with Crippen molar-refractivity contribution in [3.05, 3.63) is 0 Å². The van der Waals surface area contributed by atoms with Crippen LogP contribution in [-0.2, 0) is 0 Å². The first-order valence-corrected chi connectivity index (χ1v) is 17.9. The van der Waals surface area contributed by atoms with E-state index >= 15 is 0 Å². The first-order valence-electron chi connectivity index (χ1n) is 17.9. The fourth-order valence-electron chi connectivity index (χ4n) is 5.28. The molecule has 0 rings (SSSR count). The zero-order chi connectivity index (χ0) is 27.3. The molecule has 0 saturated carbocycles. The van der Waals surface area contributed by atoms with E-state index in [4.69, 9.17) is 5.11 Å². The van der Waals surface area contributed by atoms with Crippen LogP contribution in [0.15, 0.2) is 0 Å². The van der Waals surface area contributed by atoms with E-state index in [2.05, 4.69) is 20.8 Å². The van der Waals surface area contributed by atoms with Crippen LogP contribution >= 0.6 is 0 Å². The quantitative estimate of drug-likeness (QED) is 0.0894. The molecule has 0 aliphatic heterocycles. The summed E-state index contributed by atoms with van der Waals surface area (Å²) in [6, 6.07) is 0. The van der Waals surface area contributed by atoms with Gasteiger partial charge in [0.15, 0.2) is 0 Å². The highest BCUT2D eigenvalue weighted by Gasteiger charge is 1.95. The van der Waals surface area contributed by atoms with E-state index in [-0.39, 0.29) is 0 Å². The molecule has 0 heterocycles. The summed E-state index contributed by atoms with van der Waals surface area (Å²) in [4.78, 5) is 0. The van der Waals surface area contributed by atoms with E-state index in [1.54, 1.807) is 0 Å². The number of aliphatic hydroxyl groups excluding tert-OH is 1. The average molecular weight is 525 g/mol. The third-order valence-electron chi connectivity index (χ3n) is 7.97. The van der Waals surface area contributed by atoms with Crippen LogP contribution in [0.2, 0.25) is 0 Å². The van der Waals surface area contributed by atoms with Crippen LogP contribution in [0.3, 0.4) is 0 Å². The standard InChI is InChI=1S/C18H38O.C18H38/c1-2-3-4-5-6-7-8-9-10-11-12-13-14-15-16-17-18-19;1-3-5-7-9-11-13-15-17-18-16-14-12-10-8-6-4-2/h19H,2-18H2,1H3;3-18H2,1-2H3. The minimum absolute atomic E-state index is 0.373. The summed E-state index contributed by atoms with van der Waals surface area (Å²) in [5.41, 5.74) is 0. The summed E-state index contributed by atoms with van der Waals surface area (Å²) in [5.74, 6) is 0. The molecule has 0 aromatic heterocycles. The fraction of sp³-hybridized carbons (Fsp3) is 1.00.